The van der Waals surface area contributed by atoms with Gasteiger partial charge in [-0.3, -0.25) is 0 Å². The molecule has 1 aromatic rings. The first kappa shape index (κ1) is 12.3. The van der Waals surface area contributed by atoms with Crippen LogP contribution in [0, 0.1) is 5.92 Å². The largest absolute Gasteiger partial charge is 0.389 e. The second-order valence-electron chi connectivity index (χ2n) is 4.35. The maximum absolute atomic E-state index is 5.65. The van der Waals surface area contributed by atoms with Gasteiger partial charge in [0.15, 0.2) is 0 Å². The summed E-state index contributed by atoms with van der Waals surface area (Å²) in [5.41, 5.74) is 7.53. The highest BCUT2D eigenvalue weighted by Crippen LogP contribution is 2.28. The fourth-order valence-electron chi connectivity index (χ4n) is 1.64. The van der Waals surface area contributed by atoms with E-state index >= 15 is 0 Å². The van der Waals surface area contributed by atoms with E-state index in [9.17, 15) is 0 Å². The van der Waals surface area contributed by atoms with Gasteiger partial charge in [0.1, 0.15) is 4.99 Å². The zero-order valence-corrected chi connectivity index (χ0v) is 10.6. The lowest BCUT2D eigenvalue weighted by atomic mass is 10.2. The standard InChI is InChI=1S/C13H18N2OS/c14-13(17)11-3-1-2-4-12(11)15-7-8-16-9-10-5-6-10/h1-4,10,15H,5-9H2,(H2,14,17). The summed E-state index contributed by atoms with van der Waals surface area (Å²) in [5, 5.41) is 3.30. The molecule has 1 aliphatic carbocycles. The fraction of sp³-hybridized carbons (Fsp3) is 0.462. The van der Waals surface area contributed by atoms with Crippen LogP contribution in [0.2, 0.25) is 0 Å². The van der Waals surface area contributed by atoms with Crippen LogP contribution in [-0.2, 0) is 4.74 Å². The Balaban J connectivity index is 1.75. The highest BCUT2D eigenvalue weighted by atomic mass is 32.1. The van der Waals surface area contributed by atoms with Gasteiger partial charge in [0.05, 0.1) is 6.61 Å². The van der Waals surface area contributed by atoms with E-state index in [4.69, 9.17) is 22.7 Å². The number of hydrogen-bond acceptors (Lipinski definition) is 3. The van der Waals surface area contributed by atoms with Gasteiger partial charge in [-0.1, -0.05) is 24.4 Å². The van der Waals surface area contributed by atoms with Crippen molar-refractivity contribution >= 4 is 22.9 Å². The third-order valence-corrected chi connectivity index (χ3v) is 3.02. The van der Waals surface area contributed by atoms with Crippen molar-refractivity contribution in [3.8, 4) is 0 Å². The average molecular weight is 250 g/mol. The zero-order valence-electron chi connectivity index (χ0n) is 9.82. The zero-order chi connectivity index (χ0) is 12.1. The first-order chi connectivity index (χ1) is 8.27. The number of ether oxygens (including phenoxy) is 1. The molecule has 1 aliphatic rings. The van der Waals surface area contributed by atoms with Crippen LogP contribution in [-0.4, -0.2) is 24.7 Å². The second kappa shape index (κ2) is 5.98. The first-order valence-corrected chi connectivity index (χ1v) is 6.38. The van der Waals surface area contributed by atoms with Gasteiger partial charge in [-0.25, -0.2) is 0 Å². The van der Waals surface area contributed by atoms with Gasteiger partial charge in [-0.15, -0.1) is 0 Å². The molecule has 1 fully saturated rings. The maximum atomic E-state index is 5.65. The van der Waals surface area contributed by atoms with Crippen LogP contribution in [0.4, 0.5) is 5.69 Å². The Morgan fingerprint density at radius 1 is 1.41 bits per heavy atom. The molecule has 1 saturated carbocycles. The summed E-state index contributed by atoms with van der Waals surface area (Å²) < 4.78 is 5.55. The van der Waals surface area contributed by atoms with Crippen LogP contribution in [0.3, 0.4) is 0 Å². The number of nitrogens with one attached hydrogen (secondary N) is 1. The second-order valence-corrected chi connectivity index (χ2v) is 4.79. The molecule has 17 heavy (non-hydrogen) atoms. The number of rotatable bonds is 7. The van der Waals surface area contributed by atoms with Gasteiger partial charge in [0, 0.05) is 24.4 Å². The predicted molar refractivity (Wildman–Crippen MR) is 74.4 cm³/mol. The molecular formula is C13H18N2OS. The van der Waals surface area contributed by atoms with Crippen LogP contribution >= 0.6 is 12.2 Å². The summed E-state index contributed by atoms with van der Waals surface area (Å²) >= 11 is 5.00. The number of anilines is 1. The molecule has 4 heteroatoms. The van der Waals surface area contributed by atoms with Crippen LogP contribution in [0.1, 0.15) is 18.4 Å². The van der Waals surface area contributed by atoms with Gasteiger partial charge in [-0.05, 0) is 30.9 Å². The molecular weight excluding hydrogens is 232 g/mol. The minimum absolute atomic E-state index is 0.423. The van der Waals surface area contributed by atoms with E-state index in [-0.39, 0.29) is 0 Å². The minimum Gasteiger partial charge on any atom is -0.389 e. The van der Waals surface area contributed by atoms with E-state index in [1.165, 1.54) is 12.8 Å². The molecule has 0 amide bonds. The topological polar surface area (TPSA) is 47.3 Å². The SMILES string of the molecule is NC(=S)c1ccccc1NCCOCC1CC1. The minimum atomic E-state index is 0.423. The van der Waals surface area contributed by atoms with Crippen molar-refractivity contribution in [3.05, 3.63) is 29.8 Å². The lowest BCUT2D eigenvalue weighted by Gasteiger charge is -2.11. The Kier molecular flexibility index (Phi) is 4.34. The summed E-state index contributed by atoms with van der Waals surface area (Å²) in [6, 6.07) is 7.81. The first-order valence-electron chi connectivity index (χ1n) is 5.98. The summed E-state index contributed by atoms with van der Waals surface area (Å²) in [5.74, 6) is 0.818. The van der Waals surface area contributed by atoms with E-state index in [2.05, 4.69) is 5.32 Å². The average Bonchev–Trinajstić information content (AvgIpc) is 3.13. The van der Waals surface area contributed by atoms with Crippen LogP contribution in [0.15, 0.2) is 24.3 Å². The quantitative estimate of drug-likeness (QED) is 0.575. The van der Waals surface area contributed by atoms with E-state index < -0.39 is 0 Å². The van der Waals surface area contributed by atoms with Gasteiger partial charge in [-0.2, -0.15) is 0 Å². The van der Waals surface area contributed by atoms with Crippen LogP contribution in [0.5, 0.6) is 0 Å². The summed E-state index contributed by atoms with van der Waals surface area (Å²) in [7, 11) is 0. The van der Waals surface area contributed by atoms with Crippen molar-refractivity contribution in [3.63, 3.8) is 0 Å². The molecule has 0 unspecified atom stereocenters. The van der Waals surface area contributed by atoms with Crippen molar-refractivity contribution in [1.29, 1.82) is 0 Å². The molecule has 92 valence electrons. The number of nitrogens with two attached hydrogens (primary N) is 1. The Labute approximate surface area is 107 Å². The molecule has 0 spiro atoms. The van der Waals surface area contributed by atoms with E-state index in [1.807, 2.05) is 24.3 Å². The smallest absolute Gasteiger partial charge is 0.106 e. The highest BCUT2D eigenvalue weighted by molar-refractivity contribution is 7.80. The van der Waals surface area contributed by atoms with E-state index in [0.717, 1.165) is 36.9 Å². The molecule has 0 heterocycles. The number of thiocarbonyl (C=S) groups is 1. The van der Waals surface area contributed by atoms with Crippen LogP contribution < -0.4 is 11.1 Å². The molecule has 0 aliphatic heterocycles. The van der Waals surface area contributed by atoms with Crippen LogP contribution in [0.25, 0.3) is 0 Å². The normalized spacial score (nSPS) is 14.6. The Hall–Kier alpha value is -1.13. The number of para-hydroxylation sites is 1. The van der Waals surface area contributed by atoms with Crippen molar-refractivity contribution in [2.75, 3.05) is 25.1 Å². The number of benzene rings is 1. The van der Waals surface area contributed by atoms with Crippen molar-refractivity contribution < 1.29 is 4.74 Å². The Morgan fingerprint density at radius 3 is 2.88 bits per heavy atom. The summed E-state index contributed by atoms with van der Waals surface area (Å²) in [6.45, 7) is 2.41. The third kappa shape index (κ3) is 3.98. The molecule has 0 saturated heterocycles. The molecule has 1 aromatic carbocycles. The van der Waals surface area contributed by atoms with Crippen molar-refractivity contribution in [1.82, 2.24) is 0 Å². The molecule has 3 nitrogen and oxygen atoms in total. The highest BCUT2D eigenvalue weighted by Gasteiger charge is 2.20. The maximum Gasteiger partial charge on any atom is 0.106 e. The van der Waals surface area contributed by atoms with E-state index in [1.54, 1.807) is 0 Å². The van der Waals surface area contributed by atoms with Crippen molar-refractivity contribution in [2.45, 2.75) is 12.8 Å². The van der Waals surface area contributed by atoms with Gasteiger partial charge in [0.2, 0.25) is 0 Å². The van der Waals surface area contributed by atoms with Crippen molar-refractivity contribution in [2.24, 2.45) is 11.7 Å². The number of hydrogen-bond donors (Lipinski definition) is 2. The Bertz CT molecular complexity index is 391. The molecule has 3 N–H and O–H groups in total. The van der Waals surface area contributed by atoms with Gasteiger partial charge in [0.25, 0.3) is 0 Å². The molecule has 0 bridgehead atoms. The summed E-state index contributed by atoms with van der Waals surface area (Å²) in [4.78, 5) is 0.423. The molecule has 2 rings (SSSR count). The molecule has 0 radical (unpaired) electrons. The van der Waals surface area contributed by atoms with Gasteiger partial charge < -0.3 is 15.8 Å². The third-order valence-electron chi connectivity index (χ3n) is 2.80. The lowest BCUT2D eigenvalue weighted by molar-refractivity contribution is 0.134. The Morgan fingerprint density at radius 2 is 2.18 bits per heavy atom. The fourth-order valence-corrected chi connectivity index (χ4v) is 1.82. The van der Waals surface area contributed by atoms with E-state index in [0.29, 0.717) is 4.99 Å². The predicted octanol–water partition coefficient (Wildman–Crippen LogP) is 2.16. The van der Waals surface area contributed by atoms with Gasteiger partial charge >= 0.3 is 0 Å². The summed E-state index contributed by atoms with van der Waals surface area (Å²) in [6.07, 6.45) is 2.66. The molecule has 0 aromatic heterocycles. The molecule has 0 atom stereocenters. The lowest BCUT2D eigenvalue weighted by Crippen LogP contribution is -2.16. The monoisotopic (exact) mass is 250 g/mol.